The van der Waals surface area contributed by atoms with Crippen molar-refractivity contribution in [2.75, 3.05) is 20.1 Å². The van der Waals surface area contributed by atoms with Crippen molar-refractivity contribution < 1.29 is 9.32 Å². The molecular formula is C19H26N4O2. The largest absolute Gasteiger partial charge is 0.356 e. The quantitative estimate of drug-likeness (QED) is 0.837. The molecule has 0 unspecified atom stereocenters. The van der Waals surface area contributed by atoms with E-state index in [4.69, 9.17) is 4.52 Å². The minimum absolute atomic E-state index is 0.0989. The van der Waals surface area contributed by atoms with Crippen LogP contribution in [0.4, 0.5) is 0 Å². The summed E-state index contributed by atoms with van der Waals surface area (Å²) in [6.07, 6.45) is 5.81. The summed E-state index contributed by atoms with van der Waals surface area (Å²) in [5.74, 6) is 1.23. The summed E-state index contributed by atoms with van der Waals surface area (Å²) in [4.78, 5) is 18.8. The number of nitrogens with zero attached hydrogens (tertiary/aromatic N) is 3. The van der Waals surface area contributed by atoms with E-state index in [0.29, 0.717) is 37.1 Å². The maximum Gasteiger partial charge on any atom is 0.228 e. The molecule has 3 rings (SSSR count). The van der Waals surface area contributed by atoms with Gasteiger partial charge in [0.1, 0.15) is 0 Å². The molecule has 1 aromatic carbocycles. The summed E-state index contributed by atoms with van der Waals surface area (Å²) in [5.41, 5.74) is 0.929. The lowest BCUT2D eigenvalue weighted by molar-refractivity contribution is -0.121. The van der Waals surface area contributed by atoms with Crippen molar-refractivity contribution in [2.45, 2.75) is 44.6 Å². The average Bonchev–Trinajstić information content (AvgIpc) is 3.11. The summed E-state index contributed by atoms with van der Waals surface area (Å²) in [7, 11) is 2.15. The first-order valence-corrected chi connectivity index (χ1v) is 9.07. The number of carbonyl (C=O) groups excluding carboxylic acids is 1. The van der Waals surface area contributed by atoms with E-state index in [-0.39, 0.29) is 5.91 Å². The van der Waals surface area contributed by atoms with Crippen LogP contribution in [0.2, 0.25) is 0 Å². The van der Waals surface area contributed by atoms with Crippen molar-refractivity contribution in [2.24, 2.45) is 0 Å². The molecule has 2 aromatic rings. The predicted molar refractivity (Wildman–Crippen MR) is 96.0 cm³/mol. The standard InChI is InChI=1S/C19H26N4O2/c1-23-14-6-5-9-16(23)10-11-17(24)20-13-12-18-21-19(22-25-18)15-7-3-2-4-8-15/h2-4,7-8,16H,5-6,9-14H2,1H3,(H,20,24)/t16-/m0/s1. The Balaban J connectivity index is 1.38. The molecule has 6 nitrogen and oxygen atoms in total. The predicted octanol–water partition coefficient (Wildman–Crippen LogP) is 2.66. The zero-order valence-electron chi connectivity index (χ0n) is 14.8. The zero-order chi connectivity index (χ0) is 17.5. The van der Waals surface area contributed by atoms with Gasteiger partial charge in [-0.05, 0) is 32.9 Å². The third-order valence-electron chi connectivity index (χ3n) is 4.79. The Bertz CT molecular complexity index is 671. The van der Waals surface area contributed by atoms with Gasteiger partial charge < -0.3 is 14.7 Å². The fourth-order valence-corrected chi connectivity index (χ4v) is 3.26. The Hall–Kier alpha value is -2.21. The maximum atomic E-state index is 12.0. The molecule has 2 heterocycles. The van der Waals surface area contributed by atoms with Crippen molar-refractivity contribution in [1.82, 2.24) is 20.4 Å². The summed E-state index contributed by atoms with van der Waals surface area (Å²) >= 11 is 0. The van der Waals surface area contributed by atoms with Crippen LogP contribution in [0.25, 0.3) is 11.4 Å². The van der Waals surface area contributed by atoms with Gasteiger partial charge in [0.05, 0.1) is 0 Å². The van der Waals surface area contributed by atoms with Gasteiger partial charge in [-0.15, -0.1) is 0 Å². The van der Waals surface area contributed by atoms with Crippen LogP contribution < -0.4 is 5.32 Å². The number of hydrogen-bond donors (Lipinski definition) is 1. The second-order valence-corrected chi connectivity index (χ2v) is 6.65. The van der Waals surface area contributed by atoms with Crippen molar-refractivity contribution >= 4 is 5.91 Å². The van der Waals surface area contributed by atoms with Gasteiger partial charge in [-0.25, -0.2) is 0 Å². The average molecular weight is 342 g/mol. The van der Waals surface area contributed by atoms with Crippen LogP contribution in [0.15, 0.2) is 34.9 Å². The molecular weight excluding hydrogens is 316 g/mol. The molecule has 0 radical (unpaired) electrons. The third kappa shape index (κ3) is 5.13. The molecule has 1 aliphatic heterocycles. The Morgan fingerprint density at radius 1 is 1.32 bits per heavy atom. The molecule has 1 saturated heterocycles. The second kappa shape index (κ2) is 8.76. The lowest BCUT2D eigenvalue weighted by atomic mass is 9.98. The normalized spacial score (nSPS) is 18.2. The molecule has 25 heavy (non-hydrogen) atoms. The molecule has 1 fully saturated rings. The van der Waals surface area contributed by atoms with Crippen molar-refractivity contribution in [3.63, 3.8) is 0 Å². The van der Waals surface area contributed by atoms with Gasteiger partial charge in [0.2, 0.25) is 17.6 Å². The zero-order valence-corrected chi connectivity index (χ0v) is 14.8. The van der Waals surface area contributed by atoms with Crippen LogP contribution in [-0.4, -0.2) is 47.1 Å². The topological polar surface area (TPSA) is 71.3 Å². The molecule has 6 heteroatoms. The van der Waals surface area contributed by atoms with E-state index in [1.54, 1.807) is 0 Å². The van der Waals surface area contributed by atoms with Gasteiger partial charge in [0, 0.05) is 31.0 Å². The molecule has 0 aliphatic carbocycles. The number of nitrogens with one attached hydrogen (secondary N) is 1. The fraction of sp³-hybridized carbons (Fsp3) is 0.526. The molecule has 1 aromatic heterocycles. The van der Waals surface area contributed by atoms with Gasteiger partial charge >= 0.3 is 0 Å². The number of hydrogen-bond acceptors (Lipinski definition) is 5. The maximum absolute atomic E-state index is 12.0. The summed E-state index contributed by atoms with van der Waals surface area (Å²) in [6, 6.07) is 10.3. The van der Waals surface area contributed by atoms with Crippen molar-refractivity contribution in [3.8, 4) is 11.4 Å². The van der Waals surface area contributed by atoms with Gasteiger partial charge in [0.15, 0.2) is 0 Å². The van der Waals surface area contributed by atoms with E-state index in [1.807, 2.05) is 30.3 Å². The summed E-state index contributed by atoms with van der Waals surface area (Å²) < 4.78 is 5.25. The Kier molecular flexibility index (Phi) is 6.17. The molecule has 1 amide bonds. The number of carbonyl (C=O) groups is 1. The summed E-state index contributed by atoms with van der Waals surface area (Å²) in [6.45, 7) is 1.67. The van der Waals surface area contributed by atoms with Crippen LogP contribution in [0.1, 0.15) is 38.0 Å². The number of rotatable bonds is 7. The fourth-order valence-electron chi connectivity index (χ4n) is 3.26. The summed E-state index contributed by atoms with van der Waals surface area (Å²) in [5, 5.41) is 6.94. The van der Waals surface area contributed by atoms with Crippen LogP contribution in [-0.2, 0) is 11.2 Å². The molecule has 1 aliphatic rings. The smallest absolute Gasteiger partial charge is 0.228 e. The first kappa shape index (κ1) is 17.6. The van der Waals surface area contributed by atoms with Crippen molar-refractivity contribution in [3.05, 3.63) is 36.2 Å². The number of piperidine rings is 1. The van der Waals surface area contributed by atoms with E-state index < -0.39 is 0 Å². The molecule has 1 atom stereocenters. The van der Waals surface area contributed by atoms with E-state index >= 15 is 0 Å². The lowest BCUT2D eigenvalue weighted by Gasteiger charge is -2.32. The van der Waals surface area contributed by atoms with E-state index in [1.165, 1.54) is 19.3 Å². The highest BCUT2D eigenvalue weighted by Gasteiger charge is 2.19. The number of benzene rings is 1. The minimum Gasteiger partial charge on any atom is -0.356 e. The van der Waals surface area contributed by atoms with Crippen LogP contribution >= 0.6 is 0 Å². The van der Waals surface area contributed by atoms with Gasteiger partial charge in [-0.2, -0.15) is 4.98 Å². The molecule has 134 valence electrons. The molecule has 0 spiro atoms. The third-order valence-corrected chi connectivity index (χ3v) is 4.79. The van der Waals surface area contributed by atoms with Crippen molar-refractivity contribution in [1.29, 1.82) is 0 Å². The number of likely N-dealkylation sites (tertiary alicyclic amines) is 1. The molecule has 0 bridgehead atoms. The molecule has 1 N–H and O–H groups in total. The van der Waals surface area contributed by atoms with Gasteiger partial charge in [-0.3, -0.25) is 4.79 Å². The van der Waals surface area contributed by atoms with Crippen LogP contribution in [0, 0.1) is 0 Å². The van der Waals surface area contributed by atoms with E-state index in [2.05, 4.69) is 27.4 Å². The highest BCUT2D eigenvalue weighted by Crippen LogP contribution is 2.19. The van der Waals surface area contributed by atoms with Crippen LogP contribution in [0.5, 0.6) is 0 Å². The van der Waals surface area contributed by atoms with Crippen LogP contribution in [0.3, 0.4) is 0 Å². The first-order valence-electron chi connectivity index (χ1n) is 9.07. The highest BCUT2D eigenvalue weighted by atomic mass is 16.5. The van der Waals surface area contributed by atoms with E-state index in [0.717, 1.165) is 18.5 Å². The first-order chi connectivity index (χ1) is 12.2. The van der Waals surface area contributed by atoms with Gasteiger partial charge in [-0.1, -0.05) is 41.9 Å². The molecule has 0 saturated carbocycles. The monoisotopic (exact) mass is 342 g/mol. The highest BCUT2D eigenvalue weighted by molar-refractivity contribution is 5.75. The number of aromatic nitrogens is 2. The Morgan fingerprint density at radius 3 is 2.96 bits per heavy atom. The minimum atomic E-state index is 0.0989. The lowest BCUT2D eigenvalue weighted by Crippen LogP contribution is -2.37. The SMILES string of the molecule is CN1CCCC[C@H]1CCC(=O)NCCc1nc(-c2ccccc2)no1. The Morgan fingerprint density at radius 2 is 2.16 bits per heavy atom. The van der Waals surface area contributed by atoms with Gasteiger partial charge in [0.25, 0.3) is 0 Å². The number of amides is 1. The Labute approximate surface area is 148 Å². The second-order valence-electron chi connectivity index (χ2n) is 6.65. The van der Waals surface area contributed by atoms with E-state index in [9.17, 15) is 4.79 Å².